The number of carbonyl (C=O) groups is 6. The number of aliphatic hydroxyl groups is 16. The highest BCUT2D eigenvalue weighted by molar-refractivity contribution is 5.78. The van der Waals surface area contributed by atoms with E-state index in [4.69, 9.17) is 47.4 Å². The van der Waals surface area contributed by atoms with E-state index in [9.17, 15) is 121 Å². The number of carboxylic acids is 2. The van der Waals surface area contributed by atoms with E-state index >= 15 is 0 Å². The van der Waals surface area contributed by atoms with Crippen molar-refractivity contribution in [3.05, 3.63) is 12.2 Å². The van der Waals surface area contributed by atoms with Crippen molar-refractivity contribution < 1.29 is 168 Å². The van der Waals surface area contributed by atoms with E-state index in [1.165, 1.54) is 96.3 Å². The molecule has 37 nitrogen and oxygen atoms in total. The van der Waals surface area contributed by atoms with Crippen LogP contribution in [-0.4, -0.2) is 338 Å². The summed E-state index contributed by atoms with van der Waals surface area (Å²) in [4.78, 5) is 79.3. The molecule has 5 rings (SSSR count). The van der Waals surface area contributed by atoms with E-state index in [2.05, 4.69) is 41.9 Å². The van der Waals surface area contributed by atoms with Gasteiger partial charge in [0, 0.05) is 45.4 Å². The second-order valence-corrected chi connectivity index (χ2v) is 33.2. The average Bonchev–Trinajstić information content (AvgIpc) is 0.746. The number of aliphatic carboxylic acids is 2. The highest BCUT2D eigenvalue weighted by Gasteiger charge is 2.64. The topological polar surface area (TPSA) is 595 Å². The molecule has 0 radical (unpaired) electrons. The van der Waals surface area contributed by atoms with Crippen LogP contribution < -0.4 is 16.0 Å². The zero-order chi connectivity index (χ0) is 88.7. The van der Waals surface area contributed by atoms with Crippen molar-refractivity contribution in [1.82, 2.24) is 16.0 Å². The fourth-order valence-corrected chi connectivity index (χ4v) is 16.4. The first-order valence-corrected chi connectivity index (χ1v) is 43.9. The van der Waals surface area contributed by atoms with Crippen LogP contribution in [0.15, 0.2) is 12.2 Å². The van der Waals surface area contributed by atoms with Gasteiger partial charge in [0.1, 0.15) is 103 Å². The van der Waals surface area contributed by atoms with Gasteiger partial charge >= 0.3 is 11.9 Å². The number of carboxylic acid groups (broad SMARTS) is 2. The minimum absolute atomic E-state index is 0.134. The number of rotatable bonds is 61. The molecule has 3 amide bonds. The largest absolute Gasteiger partial charge is 0.477 e. The van der Waals surface area contributed by atoms with E-state index < -0.39 is 265 Å². The molecule has 2 unspecified atom stereocenters. The van der Waals surface area contributed by atoms with Crippen LogP contribution >= 0.6 is 0 Å². The van der Waals surface area contributed by atoms with Gasteiger partial charge in [-0.2, -0.15) is 0 Å². The van der Waals surface area contributed by atoms with Gasteiger partial charge < -0.3 is 160 Å². The van der Waals surface area contributed by atoms with Crippen LogP contribution in [0.3, 0.4) is 0 Å². The number of Topliss-reactive ketones (excluding diaryl/α,β-unsaturated/α-hetero) is 1. The third-order valence-electron chi connectivity index (χ3n) is 23.3. The Hall–Kier alpha value is -4.28. The molecule has 0 spiro atoms. The molecule has 21 N–H and O–H groups in total. The fourth-order valence-electron chi connectivity index (χ4n) is 16.4. The summed E-state index contributed by atoms with van der Waals surface area (Å²) < 4.78 is 60.3. The van der Waals surface area contributed by atoms with Crippen molar-refractivity contribution in [2.75, 3.05) is 39.6 Å². The fraction of sp³-hybridized carbons (Fsp3) is 0.904. The number of amides is 3. The van der Waals surface area contributed by atoms with Crippen LogP contribution in [0.2, 0.25) is 0 Å². The summed E-state index contributed by atoms with van der Waals surface area (Å²) in [5.41, 5.74) is 0. The first-order valence-electron chi connectivity index (χ1n) is 43.9. The maximum atomic E-state index is 14.2. The quantitative estimate of drug-likeness (QED) is 0.0298. The molecule has 0 bridgehead atoms. The van der Waals surface area contributed by atoms with Crippen molar-refractivity contribution in [3.63, 3.8) is 0 Å². The highest BCUT2D eigenvalue weighted by Crippen LogP contribution is 2.43. The molecule has 0 aromatic rings. The molecule has 0 aromatic carbocycles. The molecule has 120 heavy (non-hydrogen) atoms. The van der Waals surface area contributed by atoms with E-state index in [1.807, 2.05) is 0 Å². The van der Waals surface area contributed by atoms with Gasteiger partial charge in [0.2, 0.25) is 17.7 Å². The Labute approximate surface area is 704 Å². The number of ketones is 1. The predicted octanol–water partition coefficient (Wildman–Crippen LogP) is 0.958. The minimum Gasteiger partial charge on any atom is -0.477 e. The van der Waals surface area contributed by atoms with Crippen molar-refractivity contribution >= 4 is 35.4 Å². The summed E-state index contributed by atoms with van der Waals surface area (Å²) in [6, 6.07) is -4.87. The van der Waals surface area contributed by atoms with Gasteiger partial charge in [0.25, 0.3) is 11.6 Å². The number of aliphatic hydroxyl groups excluding tert-OH is 16. The lowest BCUT2D eigenvalue weighted by atomic mass is 9.86. The van der Waals surface area contributed by atoms with Gasteiger partial charge in [-0.05, 0) is 45.4 Å². The van der Waals surface area contributed by atoms with Crippen LogP contribution in [0.1, 0.15) is 259 Å². The lowest BCUT2D eigenvalue weighted by Gasteiger charge is -2.52. The summed E-state index contributed by atoms with van der Waals surface area (Å²) in [7, 11) is 0. The monoisotopic (exact) mass is 1730 g/mol. The smallest absolute Gasteiger partial charge is 0.364 e. The van der Waals surface area contributed by atoms with Gasteiger partial charge in [-0.1, -0.05) is 187 Å². The molecule has 0 saturated carbocycles. The number of nitrogens with one attached hydrogen (secondary N) is 3. The Balaban J connectivity index is 1.40. The van der Waals surface area contributed by atoms with Crippen molar-refractivity contribution in [2.24, 2.45) is 5.92 Å². The third kappa shape index (κ3) is 33.2. The molecule has 5 saturated heterocycles. The Morgan fingerprint density at radius 2 is 0.908 bits per heavy atom. The van der Waals surface area contributed by atoms with Crippen molar-refractivity contribution in [3.8, 4) is 0 Å². The Kier molecular flexibility index (Phi) is 49.6. The van der Waals surface area contributed by atoms with Gasteiger partial charge in [-0.3, -0.25) is 14.4 Å². The molecule has 5 aliphatic rings. The normalized spacial score (nSPS) is 32.6. The highest BCUT2D eigenvalue weighted by atomic mass is 16.8. The maximum absolute atomic E-state index is 14.2. The Morgan fingerprint density at radius 1 is 0.467 bits per heavy atom. The minimum atomic E-state index is -3.57. The summed E-state index contributed by atoms with van der Waals surface area (Å²) in [6.45, 7) is 0.797. The predicted molar refractivity (Wildman–Crippen MR) is 427 cm³/mol. The zero-order valence-electron chi connectivity index (χ0n) is 70.8. The average molecular weight is 1730 g/mol. The Morgan fingerprint density at radius 3 is 1.38 bits per heavy atom. The zero-order valence-corrected chi connectivity index (χ0v) is 70.8. The lowest BCUT2D eigenvalue weighted by molar-refractivity contribution is -0.404. The standard InChI is InChI=1S/C83H147N3O34/c1-6-8-10-12-14-16-18-20-21-22-23-24-25-27-29-31-33-35-37-39-62(99)86-53(54(95)38-36-34-32-30-28-26-19-17-15-13-11-9-7-2)48-111-78-70(105)69(104)72(60(46-90)113-78)115-79-71(106)76(73(61(47-91)114-79)116-77-52(40-49(3)92)65(100)67(102)58(44-88)112-77)120-83(81(109)110)42-56(97)64(85-51(5)94)75(119-83)68(103)59(45-89)117-82(80(107)108)41-55(96)63(84-50(4)93)74(118-82)66(101)57(98)43-87/h20-21,52-61,63-79,87-91,95-98,100-106H,6-19,22-48H2,1-5H3,(H,84,93)(H,85,94)(H,86,99)(H,107,108)(H,109,110)/t52-,53+,54-,55+,56+,57-,58-,59-,60-,61-,63-,64-,65-,66-,67+,68-,69-,70-,71-,72-,73+,74?,75?,76-,77+,78-,79+,82-,83+/m1/s1. The number of carbonyl (C=O) groups excluding carboxylic acids is 4. The van der Waals surface area contributed by atoms with E-state index in [-0.39, 0.29) is 18.7 Å². The Bertz CT molecular complexity index is 2930. The van der Waals surface area contributed by atoms with E-state index in [1.54, 1.807) is 0 Å². The lowest BCUT2D eigenvalue weighted by Crippen LogP contribution is -2.72. The van der Waals surface area contributed by atoms with Gasteiger partial charge in [0.15, 0.2) is 18.9 Å². The van der Waals surface area contributed by atoms with Crippen LogP contribution in [0.5, 0.6) is 0 Å². The number of unbranched alkanes of at least 4 members (excludes halogenated alkanes) is 27. The number of hydrogen-bond acceptors (Lipinski definition) is 32. The second-order valence-electron chi connectivity index (χ2n) is 33.2. The van der Waals surface area contributed by atoms with Gasteiger partial charge in [0.05, 0.1) is 82.2 Å². The molecule has 37 heteroatoms. The molecule has 29 atom stereocenters. The molecular formula is C83H147N3O34. The summed E-state index contributed by atoms with van der Waals surface area (Å²) in [5, 5.41) is 211. The first-order chi connectivity index (χ1) is 57.3. The SMILES string of the molecule is CCCCCCCCC=CCCCCCCCCCCCC(=O)N[C@@H](CO[C@@H]1O[C@H](CO)[C@@H](O[C@@H]2O[C@H](CO)[C@H](O[C@@H]3O[C@H](CO)[C@H](O)[C@H](O)[C@H]3CC(C)=O)[C@H](O[C@]3(C(=O)O)C[C@H](O)[C@@H](NC(C)=O)C([C@H](O)[C@@H](CO)O[C@]4(C(=O)O)C[C@H](O)[C@@H](NC(C)=O)C([C@H](O)[C@H](O)CO)O4)O3)[C@H]2O)[C@H](O)[C@H]1O)[C@H](O)CCCCCCCCCCCCCCC. The summed E-state index contributed by atoms with van der Waals surface area (Å²) in [6.07, 6.45) is -14.4. The molecule has 0 aromatic heterocycles. The van der Waals surface area contributed by atoms with Crippen molar-refractivity contribution in [2.45, 2.75) is 430 Å². The van der Waals surface area contributed by atoms with Crippen LogP contribution in [0.4, 0.5) is 0 Å². The second kappa shape index (κ2) is 56.0. The summed E-state index contributed by atoms with van der Waals surface area (Å²) in [5.74, 6) is -15.8. The van der Waals surface area contributed by atoms with Gasteiger partial charge in [-0.25, -0.2) is 9.59 Å². The molecule has 5 fully saturated rings. The number of ether oxygens (including phenoxy) is 10. The first kappa shape index (κ1) is 106. The number of hydrogen-bond donors (Lipinski definition) is 21. The van der Waals surface area contributed by atoms with Crippen LogP contribution in [-0.2, 0) is 76.1 Å². The molecule has 5 aliphatic heterocycles. The molecule has 5 heterocycles. The molecule has 0 aliphatic carbocycles. The molecule has 698 valence electrons. The van der Waals surface area contributed by atoms with Gasteiger partial charge in [-0.15, -0.1) is 0 Å². The van der Waals surface area contributed by atoms with Crippen LogP contribution in [0.25, 0.3) is 0 Å². The maximum Gasteiger partial charge on any atom is 0.364 e. The number of allylic oxidation sites excluding steroid dienone is 2. The van der Waals surface area contributed by atoms with Crippen LogP contribution in [0, 0.1) is 5.92 Å². The van der Waals surface area contributed by atoms with E-state index in [0.717, 1.165) is 104 Å². The molecular weight excluding hydrogens is 1580 g/mol. The summed E-state index contributed by atoms with van der Waals surface area (Å²) >= 11 is 0. The van der Waals surface area contributed by atoms with E-state index in [0.29, 0.717) is 12.8 Å². The third-order valence-corrected chi connectivity index (χ3v) is 23.3. The van der Waals surface area contributed by atoms with Crippen molar-refractivity contribution in [1.29, 1.82) is 0 Å².